The van der Waals surface area contributed by atoms with Crippen LogP contribution in [0.2, 0.25) is 0 Å². The summed E-state index contributed by atoms with van der Waals surface area (Å²) < 4.78 is 0. The van der Waals surface area contributed by atoms with Gasteiger partial charge >= 0.3 is 0 Å². The van der Waals surface area contributed by atoms with E-state index >= 15 is 0 Å². The molecule has 0 aliphatic rings. The van der Waals surface area contributed by atoms with Crippen LogP contribution < -0.4 is 5.56 Å². The number of hydrogen-bond acceptors (Lipinski definition) is 3. The lowest BCUT2D eigenvalue weighted by molar-refractivity contribution is 0.437. The third-order valence-corrected chi connectivity index (χ3v) is 2.86. The Balaban J connectivity index is 2.28. The topological polar surface area (TPSA) is 66.0 Å². The summed E-state index contributed by atoms with van der Waals surface area (Å²) in [5.74, 6) is 0.243. The number of hydrogen-bond donors (Lipinski definition) is 2. The van der Waals surface area contributed by atoms with Crippen LogP contribution >= 0.6 is 0 Å². The molecule has 4 nitrogen and oxygen atoms in total. The molecule has 0 bridgehead atoms. The van der Waals surface area contributed by atoms with E-state index in [2.05, 4.69) is 9.97 Å². The lowest BCUT2D eigenvalue weighted by Crippen LogP contribution is -2.19. The molecule has 0 aliphatic heterocycles. The van der Waals surface area contributed by atoms with Crippen molar-refractivity contribution >= 4 is 0 Å². The molecule has 1 aromatic heterocycles. The molecule has 1 aromatic carbocycles. The van der Waals surface area contributed by atoms with Gasteiger partial charge in [-0.1, -0.05) is 44.2 Å². The second-order valence-electron chi connectivity index (χ2n) is 5.08. The normalized spacial score (nSPS) is 10.9. The van der Waals surface area contributed by atoms with Gasteiger partial charge in [0.1, 0.15) is 5.69 Å². The van der Waals surface area contributed by atoms with Gasteiger partial charge in [0.15, 0.2) is 0 Å². The van der Waals surface area contributed by atoms with Crippen molar-refractivity contribution in [1.82, 2.24) is 9.97 Å². The van der Waals surface area contributed by atoms with E-state index in [-0.39, 0.29) is 11.4 Å². The Morgan fingerprint density at radius 1 is 1.26 bits per heavy atom. The van der Waals surface area contributed by atoms with E-state index in [4.69, 9.17) is 0 Å². The van der Waals surface area contributed by atoms with Crippen molar-refractivity contribution in [2.24, 2.45) is 5.92 Å². The highest BCUT2D eigenvalue weighted by atomic mass is 16.3. The van der Waals surface area contributed by atoms with Crippen molar-refractivity contribution in [3.05, 3.63) is 57.6 Å². The lowest BCUT2D eigenvalue weighted by Gasteiger charge is -2.07. The Bertz CT molecular complexity index is 603. The van der Waals surface area contributed by atoms with Gasteiger partial charge in [-0.05, 0) is 17.9 Å². The molecule has 0 spiro atoms. The molecule has 0 radical (unpaired) electrons. The summed E-state index contributed by atoms with van der Waals surface area (Å²) in [6.07, 6.45) is 1.03. The minimum atomic E-state index is -0.211. The van der Waals surface area contributed by atoms with E-state index in [0.717, 1.165) is 5.56 Å². The number of aromatic nitrogens is 2. The van der Waals surface area contributed by atoms with Gasteiger partial charge in [-0.2, -0.15) is 0 Å². The first-order valence-corrected chi connectivity index (χ1v) is 6.41. The molecule has 4 heteroatoms. The molecule has 0 saturated heterocycles. The number of rotatable bonds is 4. The van der Waals surface area contributed by atoms with E-state index in [0.29, 0.717) is 30.1 Å². The molecule has 2 rings (SSSR count). The first-order valence-electron chi connectivity index (χ1n) is 6.41. The van der Waals surface area contributed by atoms with Gasteiger partial charge in [0.2, 0.25) is 5.88 Å². The first kappa shape index (κ1) is 13.3. The van der Waals surface area contributed by atoms with Crippen LogP contribution in [0.15, 0.2) is 35.1 Å². The Morgan fingerprint density at radius 3 is 2.58 bits per heavy atom. The largest absolute Gasteiger partial charge is 0.492 e. The van der Waals surface area contributed by atoms with Crippen molar-refractivity contribution in [2.75, 3.05) is 0 Å². The molecule has 2 N–H and O–H groups in total. The van der Waals surface area contributed by atoms with Gasteiger partial charge in [0, 0.05) is 6.42 Å². The summed E-state index contributed by atoms with van der Waals surface area (Å²) in [6.45, 7) is 4.02. The number of aromatic hydroxyl groups is 1. The lowest BCUT2D eigenvalue weighted by atomic mass is 10.1. The zero-order chi connectivity index (χ0) is 13.8. The molecule has 0 atom stereocenters. The minimum absolute atomic E-state index is 0.0842. The van der Waals surface area contributed by atoms with Crippen LogP contribution in [-0.2, 0) is 12.8 Å². The SMILES string of the molecule is CC(C)Cc1nc(O)c(Cc2ccccc2)[nH]c1=O. The minimum Gasteiger partial charge on any atom is -0.492 e. The van der Waals surface area contributed by atoms with E-state index in [1.807, 2.05) is 44.2 Å². The molecular weight excluding hydrogens is 240 g/mol. The molecule has 0 fully saturated rings. The molecule has 0 aliphatic carbocycles. The third-order valence-electron chi connectivity index (χ3n) is 2.86. The Morgan fingerprint density at radius 2 is 1.95 bits per heavy atom. The molecule has 0 amide bonds. The number of nitrogens with one attached hydrogen (secondary N) is 1. The summed E-state index contributed by atoms with van der Waals surface area (Å²) in [5, 5.41) is 9.91. The highest BCUT2D eigenvalue weighted by molar-refractivity contribution is 5.27. The summed E-state index contributed by atoms with van der Waals surface area (Å²) in [4.78, 5) is 18.6. The summed E-state index contributed by atoms with van der Waals surface area (Å²) >= 11 is 0. The van der Waals surface area contributed by atoms with Crippen molar-refractivity contribution in [2.45, 2.75) is 26.7 Å². The number of nitrogens with zero attached hydrogens (tertiary/aromatic N) is 1. The van der Waals surface area contributed by atoms with Crippen LogP contribution in [0.5, 0.6) is 5.88 Å². The van der Waals surface area contributed by atoms with E-state index in [9.17, 15) is 9.90 Å². The van der Waals surface area contributed by atoms with Gasteiger partial charge < -0.3 is 10.1 Å². The Kier molecular flexibility index (Phi) is 4.00. The van der Waals surface area contributed by atoms with Crippen LogP contribution in [0, 0.1) is 5.92 Å². The molecule has 1 heterocycles. The smallest absolute Gasteiger partial charge is 0.270 e. The van der Waals surface area contributed by atoms with Crippen LogP contribution in [-0.4, -0.2) is 15.1 Å². The van der Waals surface area contributed by atoms with Gasteiger partial charge in [-0.25, -0.2) is 4.98 Å². The average molecular weight is 258 g/mol. The molecule has 19 heavy (non-hydrogen) atoms. The second-order valence-corrected chi connectivity index (χ2v) is 5.08. The fourth-order valence-corrected chi connectivity index (χ4v) is 1.96. The molecule has 0 saturated carbocycles. The van der Waals surface area contributed by atoms with Crippen LogP contribution in [0.3, 0.4) is 0 Å². The zero-order valence-electron chi connectivity index (χ0n) is 11.2. The van der Waals surface area contributed by atoms with Crippen LogP contribution in [0.1, 0.15) is 30.8 Å². The van der Waals surface area contributed by atoms with Crippen molar-refractivity contribution in [3.8, 4) is 5.88 Å². The maximum absolute atomic E-state index is 11.9. The average Bonchev–Trinajstić information content (AvgIpc) is 2.36. The fraction of sp³-hybridized carbons (Fsp3) is 0.333. The third kappa shape index (κ3) is 3.44. The number of aromatic amines is 1. The van der Waals surface area contributed by atoms with Gasteiger partial charge in [0.05, 0.1) is 5.69 Å². The van der Waals surface area contributed by atoms with Crippen molar-refractivity contribution in [3.63, 3.8) is 0 Å². The second kappa shape index (κ2) is 5.69. The Hall–Kier alpha value is -2.10. The summed E-state index contributed by atoms with van der Waals surface area (Å²) in [5.41, 5.74) is 1.66. The molecule has 0 unspecified atom stereocenters. The summed E-state index contributed by atoms with van der Waals surface area (Å²) in [6, 6.07) is 9.66. The Labute approximate surface area is 112 Å². The van der Waals surface area contributed by atoms with E-state index in [1.165, 1.54) is 0 Å². The van der Waals surface area contributed by atoms with Gasteiger partial charge in [-0.3, -0.25) is 4.79 Å². The van der Waals surface area contributed by atoms with Crippen LogP contribution in [0.25, 0.3) is 0 Å². The maximum atomic E-state index is 11.9. The fourth-order valence-electron chi connectivity index (χ4n) is 1.96. The number of benzene rings is 1. The van der Waals surface area contributed by atoms with E-state index < -0.39 is 0 Å². The predicted octanol–water partition coefficient (Wildman–Crippen LogP) is 2.26. The predicted molar refractivity (Wildman–Crippen MR) is 74.3 cm³/mol. The van der Waals surface area contributed by atoms with Gasteiger partial charge in [-0.15, -0.1) is 0 Å². The van der Waals surface area contributed by atoms with Crippen LogP contribution in [0.4, 0.5) is 0 Å². The molecule has 100 valence electrons. The number of H-pyrrole nitrogens is 1. The standard InChI is InChI=1S/C15H18N2O2/c1-10(2)8-12-14(18)17-13(15(19)16-12)9-11-6-4-3-5-7-11/h3-7,10H,8-9H2,1-2H3,(H,16,19)(H,17,18). The monoisotopic (exact) mass is 258 g/mol. The van der Waals surface area contributed by atoms with Gasteiger partial charge in [0.25, 0.3) is 5.56 Å². The highest BCUT2D eigenvalue weighted by Crippen LogP contribution is 2.15. The first-order chi connectivity index (χ1) is 9.06. The van der Waals surface area contributed by atoms with E-state index in [1.54, 1.807) is 0 Å². The quantitative estimate of drug-likeness (QED) is 0.884. The maximum Gasteiger partial charge on any atom is 0.270 e. The highest BCUT2D eigenvalue weighted by Gasteiger charge is 2.11. The van der Waals surface area contributed by atoms with Crippen molar-refractivity contribution < 1.29 is 5.11 Å². The molecule has 2 aromatic rings. The zero-order valence-corrected chi connectivity index (χ0v) is 11.2. The van der Waals surface area contributed by atoms with Crippen molar-refractivity contribution in [1.29, 1.82) is 0 Å². The summed E-state index contributed by atoms with van der Waals surface area (Å²) in [7, 11) is 0. The molecular formula is C15H18N2O2.